The largest absolute Gasteiger partial charge is 0.480 e. The van der Waals surface area contributed by atoms with Gasteiger partial charge < -0.3 is 20.1 Å². The van der Waals surface area contributed by atoms with Crippen LogP contribution in [-0.2, 0) is 25.5 Å². The van der Waals surface area contributed by atoms with E-state index < -0.39 is 58.6 Å². The number of ether oxygens (including phenoxy) is 1. The number of nitrogens with one attached hydrogen (secondary N) is 1. The number of carbonyl (C=O) groups is 4. The molecule has 1 heterocycles. The van der Waals surface area contributed by atoms with Crippen molar-refractivity contribution in [2.75, 3.05) is 12.3 Å². The highest BCUT2D eigenvalue weighted by molar-refractivity contribution is 8.13. The fourth-order valence-electron chi connectivity index (χ4n) is 3.55. The van der Waals surface area contributed by atoms with Gasteiger partial charge >= 0.3 is 18.2 Å². The van der Waals surface area contributed by atoms with Gasteiger partial charge in [0.2, 0.25) is 11.0 Å². The molecule has 3 atom stereocenters. The zero-order valence-electron chi connectivity index (χ0n) is 19.6. The molecule has 1 aromatic rings. The maximum Gasteiger partial charge on any atom is 0.408 e. The summed E-state index contributed by atoms with van der Waals surface area (Å²) in [5.74, 6) is -6.24. The van der Waals surface area contributed by atoms with E-state index in [2.05, 4.69) is 5.32 Å². The van der Waals surface area contributed by atoms with Crippen LogP contribution in [0.15, 0.2) is 30.3 Å². The van der Waals surface area contributed by atoms with E-state index in [1.54, 1.807) is 51.1 Å². The molecule has 12 heteroatoms. The van der Waals surface area contributed by atoms with Gasteiger partial charge in [-0.2, -0.15) is 13.2 Å². The second-order valence-electron chi connectivity index (χ2n) is 9.14. The minimum atomic E-state index is -4.98. The van der Waals surface area contributed by atoms with E-state index in [1.807, 2.05) is 0 Å². The number of nitrogens with zero attached hydrogens (tertiary/aromatic N) is 1. The second-order valence-corrected chi connectivity index (χ2v) is 10.2. The normalized spacial score (nSPS) is 18.0. The molecule has 0 saturated carbocycles. The van der Waals surface area contributed by atoms with Crippen LogP contribution in [0, 0.1) is 5.92 Å². The molecule has 2 rings (SSSR count). The quantitative estimate of drug-likeness (QED) is 0.540. The van der Waals surface area contributed by atoms with E-state index in [-0.39, 0.29) is 37.6 Å². The Kier molecular flexibility index (Phi) is 9.59. The molecule has 194 valence electrons. The first-order valence-electron chi connectivity index (χ1n) is 11.0. The van der Waals surface area contributed by atoms with Crippen molar-refractivity contribution in [3.05, 3.63) is 35.9 Å². The summed E-state index contributed by atoms with van der Waals surface area (Å²) in [4.78, 5) is 49.8. The molecule has 1 aliphatic heterocycles. The third kappa shape index (κ3) is 8.75. The predicted octanol–water partition coefficient (Wildman–Crippen LogP) is 3.64. The summed E-state index contributed by atoms with van der Waals surface area (Å²) in [7, 11) is 0. The van der Waals surface area contributed by atoms with Gasteiger partial charge in [-0.3, -0.25) is 9.59 Å². The van der Waals surface area contributed by atoms with Gasteiger partial charge in [-0.15, -0.1) is 0 Å². The van der Waals surface area contributed by atoms with E-state index in [0.29, 0.717) is 10.5 Å². The van der Waals surface area contributed by atoms with Crippen molar-refractivity contribution in [1.82, 2.24) is 10.2 Å². The summed E-state index contributed by atoms with van der Waals surface area (Å²) < 4.78 is 46.4. The van der Waals surface area contributed by atoms with Crippen molar-refractivity contribution in [2.24, 2.45) is 5.92 Å². The molecule has 1 saturated heterocycles. The third-order valence-corrected chi connectivity index (χ3v) is 6.23. The molecule has 0 bridgehead atoms. The van der Waals surface area contributed by atoms with Crippen LogP contribution >= 0.6 is 11.8 Å². The van der Waals surface area contributed by atoms with Crippen LogP contribution in [0.1, 0.15) is 39.2 Å². The lowest BCUT2D eigenvalue weighted by Crippen LogP contribution is -2.48. The summed E-state index contributed by atoms with van der Waals surface area (Å²) in [5, 5.41) is 10.9. The first-order chi connectivity index (χ1) is 16.2. The number of carboxylic acids is 1. The predicted molar refractivity (Wildman–Crippen MR) is 123 cm³/mol. The molecule has 0 aliphatic carbocycles. The molecule has 1 aliphatic rings. The topological polar surface area (TPSA) is 113 Å². The number of likely N-dealkylation sites (tertiary alicyclic amines) is 1. The van der Waals surface area contributed by atoms with Gasteiger partial charge in [0.1, 0.15) is 23.6 Å². The number of amides is 2. The van der Waals surface area contributed by atoms with Gasteiger partial charge in [0, 0.05) is 18.7 Å². The first kappa shape index (κ1) is 28.5. The molecule has 1 unspecified atom stereocenters. The van der Waals surface area contributed by atoms with Crippen LogP contribution in [0.25, 0.3) is 0 Å². The number of carboxylic acid groups (broad SMARTS) is 1. The summed E-state index contributed by atoms with van der Waals surface area (Å²) >= 11 is 0.271. The highest BCUT2D eigenvalue weighted by Crippen LogP contribution is 2.33. The Morgan fingerprint density at radius 1 is 1.17 bits per heavy atom. The van der Waals surface area contributed by atoms with Gasteiger partial charge in [-0.1, -0.05) is 42.1 Å². The monoisotopic (exact) mass is 518 g/mol. The number of hydrogen-bond acceptors (Lipinski definition) is 6. The average Bonchev–Trinajstić information content (AvgIpc) is 3.22. The standard InChI is InChI=1S/C23H29F3N2O6S/c1-22(2,3)34-21(33)27-16(12-14-8-5-4-6-9-14)20(32)35-13-15(23(24,25)26)18(29)28-11-7-10-17(28)19(30)31/h4-6,8-9,15-17H,7,10-13H2,1-3H3,(H,27,33)(H,30,31)/t15?,16-,17-/m0/s1. The van der Waals surface area contributed by atoms with Crippen LogP contribution in [0.2, 0.25) is 0 Å². The Morgan fingerprint density at radius 3 is 2.34 bits per heavy atom. The van der Waals surface area contributed by atoms with Crippen LogP contribution in [-0.4, -0.2) is 69.3 Å². The van der Waals surface area contributed by atoms with Crippen molar-refractivity contribution in [1.29, 1.82) is 0 Å². The smallest absolute Gasteiger partial charge is 0.408 e. The van der Waals surface area contributed by atoms with E-state index >= 15 is 0 Å². The van der Waals surface area contributed by atoms with E-state index in [0.717, 1.165) is 0 Å². The van der Waals surface area contributed by atoms with E-state index in [4.69, 9.17) is 4.74 Å². The fraction of sp³-hybridized carbons (Fsp3) is 0.565. The van der Waals surface area contributed by atoms with Crippen LogP contribution in [0.5, 0.6) is 0 Å². The van der Waals surface area contributed by atoms with Crippen molar-refractivity contribution >= 4 is 34.8 Å². The Balaban J connectivity index is 2.16. The minimum absolute atomic E-state index is 0.00373. The number of halogens is 3. The molecule has 0 radical (unpaired) electrons. The Morgan fingerprint density at radius 2 is 1.80 bits per heavy atom. The molecule has 0 aromatic heterocycles. The Bertz CT molecular complexity index is 920. The highest BCUT2D eigenvalue weighted by Gasteiger charge is 2.49. The van der Waals surface area contributed by atoms with Gasteiger partial charge in [-0.25, -0.2) is 9.59 Å². The van der Waals surface area contributed by atoms with Crippen molar-refractivity contribution in [2.45, 2.75) is 63.9 Å². The number of thioether (sulfide) groups is 1. The lowest BCUT2D eigenvalue weighted by Gasteiger charge is -2.28. The van der Waals surface area contributed by atoms with Crippen molar-refractivity contribution in [3.63, 3.8) is 0 Å². The highest BCUT2D eigenvalue weighted by atomic mass is 32.2. The van der Waals surface area contributed by atoms with E-state index in [1.165, 1.54) is 0 Å². The SMILES string of the molecule is CC(C)(C)OC(=O)N[C@@H](Cc1ccccc1)C(=O)SCC(C(=O)N1CCC[C@H]1C(=O)O)C(F)(F)F. The lowest BCUT2D eigenvalue weighted by molar-refractivity contribution is -0.186. The summed E-state index contributed by atoms with van der Waals surface area (Å²) in [6, 6.07) is 6.04. The molecule has 35 heavy (non-hydrogen) atoms. The summed E-state index contributed by atoms with van der Waals surface area (Å²) in [5.41, 5.74) is -0.200. The van der Waals surface area contributed by atoms with Crippen LogP contribution in [0.4, 0.5) is 18.0 Å². The average molecular weight is 519 g/mol. The van der Waals surface area contributed by atoms with Crippen molar-refractivity contribution < 1.29 is 42.2 Å². The fourth-order valence-corrected chi connectivity index (χ4v) is 4.56. The van der Waals surface area contributed by atoms with Crippen LogP contribution in [0.3, 0.4) is 0 Å². The maximum absolute atomic E-state index is 13.7. The van der Waals surface area contributed by atoms with Gasteiger partial charge in [0.05, 0.1) is 0 Å². The molecular formula is C23H29F3N2O6S. The van der Waals surface area contributed by atoms with Crippen LogP contribution < -0.4 is 5.32 Å². The molecule has 2 amide bonds. The first-order valence-corrected chi connectivity index (χ1v) is 12.0. The Labute approximate surface area is 205 Å². The number of rotatable bonds is 8. The number of benzene rings is 1. The number of aliphatic carboxylic acids is 1. The van der Waals surface area contributed by atoms with Gasteiger partial charge in [-0.05, 0) is 39.2 Å². The van der Waals surface area contributed by atoms with Crippen molar-refractivity contribution in [3.8, 4) is 0 Å². The second kappa shape index (κ2) is 11.8. The molecule has 0 spiro atoms. The lowest BCUT2D eigenvalue weighted by atomic mass is 10.1. The number of carbonyl (C=O) groups excluding carboxylic acids is 3. The zero-order chi connectivity index (χ0) is 26.4. The molecule has 2 N–H and O–H groups in total. The molecule has 8 nitrogen and oxygen atoms in total. The minimum Gasteiger partial charge on any atom is -0.480 e. The summed E-state index contributed by atoms with van der Waals surface area (Å²) in [6.45, 7) is 4.77. The molecular weight excluding hydrogens is 489 g/mol. The summed E-state index contributed by atoms with van der Waals surface area (Å²) in [6.07, 6.45) is -5.54. The molecule has 1 fully saturated rings. The number of alkyl carbamates (subject to hydrolysis) is 1. The third-order valence-electron chi connectivity index (χ3n) is 5.16. The van der Waals surface area contributed by atoms with E-state index in [9.17, 15) is 37.5 Å². The number of hydrogen-bond donors (Lipinski definition) is 2. The Hall–Kier alpha value is -2.76. The van der Waals surface area contributed by atoms with Gasteiger partial charge in [0.15, 0.2) is 0 Å². The van der Waals surface area contributed by atoms with Gasteiger partial charge in [0.25, 0.3) is 0 Å². The maximum atomic E-state index is 13.7. The zero-order valence-corrected chi connectivity index (χ0v) is 20.4. The number of alkyl halides is 3. The molecule has 1 aromatic carbocycles.